The maximum atomic E-state index is 12.7. The highest BCUT2D eigenvalue weighted by Crippen LogP contribution is 2.36. The minimum Gasteiger partial charge on any atom is -0.492 e. The fraction of sp³-hybridized carbons (Fsp3) is 0.880. The molecule has 0 aromatic carbocycles. The van der Waals surface area contributed by atoms with Crippen molar-refractivity contribution in [1.29, 1.82) is 0 Å². The van der Waals surface area contributed by atoms with Gasteiger partial charge in [-0.15, -0.1) is 0 Å². The molecule has 2 fully saturated rings. The summed E-state index contributed by atoms with van der Waals surface area (Å²) in [6.07, 6.45) is -4.44. The molecule has 15 N–H and O–H groups in total. The second-order valence-electron chi connectivity index (χ2n) is 11.2. The van der Waals surface area contributed by atoms with Gasteiger partial charge in [0.15, 0.2) is 6.29 Å². The van der Waals surface area contributed by atoms with E-state index in [2.05, 4.69) is 16.0 Å². The lowest BCUT2D eigenvalue weighted by Gasteiger charge is -2.50. The van der Waals surface area contributed by atoms with E-state index >= 15 is 0 Å². The van der Waals surface area contributed by atoms with Crippen molar-refractivity contribution in [3.63, 3.8) is 0 Å². The molecule has 1 amide bonds. The van der Waals surface area contributed by atoms with E-state index in [-0.39, 0.29) is 26.0 Å². The molecule has 15 nitrogen and oxygen atoms in total. The third kappa shape index (κ3) is 7.67. The Morgan fingerprint density at radius 2 is 1.95 bits per heavy atom. The molecule has 3 rings (SSSR count). The average molecular weight is 576 g/mol. The second-order valence-corrected chi connectivity index (χ2v) is 11.2. The Morgan fingerprint density at radius 1 is 1.23 bits per heavy atom. The third-order valence-electron chi connectivity index (χ3n) is 7.98. The normalized spacial score (nSPS) is 41.1. The fourth-order valence-corrected chi connectivity index (χ4v) is 5.84. The summed E-state index contributed by atoms with van der Waals surface area (Å²) in [7, 11) is 1.59. The number of aliphatic hydroxyl groups excluding tert-OH is 3. The number of likely N-dealkylation sites (N-methyl/N-ethyl adjacent to an activating group) is 1. The number of ether oxygens (including phenoxy) is 3. The van der Waals surface area contributed by atoms with Gasteiger partial charge < -0.3 is 73.5 Å². The molecule has 232 valence electrons. The van der Waals surface area contributed by atoms with Crippen LogP contribution in [0.1, 0.15) is 26.2 Å². The topological polar surface area (TPSA) is 266 Å². The molecule has 15 heteroatoms. The standard InChI is InChI=1S/C25H49N7O8/c1-25(37)11-38-24(19(35)22(25)30-2)40-21-15(32-23(36)16(33)5-6-26)9-14(29)17(18(21)34)20-13(28)4-3-12(39-20)10-31-8-7-27/h3,13-22,24,30-31,33-35,37H,4-11,26-29H2,1-2H3,(H,32,36)/t13-,14+,15-,16+,17-,18+,19-,20?,21+,22-,24-,25+/m1/s1. The fourth-order valence-electron chi connectivity index (χ4n) is 5.84. The number of rotatable bonds is 12. The van der Waals surface area contributed by atoms with E-state index in [9.17, 15) is 25.2 Å². The van der Waals surface area contributed by atoms with Gasteiger partial charge in [0.1, 0.15) is 35.8 Å². The van der Waals surface area contributed by atoms with E-state index in [1.165, 1.54) is 6.92 Å². The van der Waals surface area contributed by atoms with Gasteiger partial charge in [-0.3, -0.25) is 4.79 Å². The Labute approximate surface area is 234 Å². The quantitative estimate of drug-likeness (QED) is 0.0972. The van der Waals surface area contributed by atoms with Crippen LogP contribution in [0.5, 0.6) is 0 Å². The minimum absolute atomic E-state index is 0.0444. The molecule has 0 aromatic rings. The molecule has 40 heavy (non-hydrogen) atoms. The Balaban J connectivity index is 1.85. The van der Waals surface area contributed by atoms with Gasteiger partial charge >= 0.3 is 0 Å². The van der Waals surface area contributed by atoms with Crippen LogP contribution in [-0.2, 0) is 19.0 Å². The van der Waals surface area contributed by atoms with Crippen LogP contribution in [0.2, 0.25) is 0 Å². The lowest BCUT2D eigenvalue weighted by atomic mass is 9.72. The molecule has 3 aliphatic rings. The molecular weight excluding hydrogens is 526 g/mol. The van der Waals surface area contributed by atoms with E-state index in [0.717, 1.165) is 0 Å². The van der Waals surface area contributed by atoms with Crippen LogP contribution in [-0.4, -0.2) is 133 Å². The third-order valence-corrected chi connectivity index (χ3v) is 7.98. The van der Waals surface area contributed by atoms with Gasteiger partial charge in [0.25, 0.3) is 0 Å². The molecule has 1 aliphatic carbocycles. The van der Waals surface area contributed by atoms with Gasteiger partial charge in [-0.25, -0.2) is 0 Å². The van der Waals surface area contributed by atoms with Crippen LogP contribution < -0.4 is 38.9 Å². The van der Waals surface area contributed by atoms with Crippen molar-refractivity contribution in [1.82, 2.24) is 16.0 Å². The first-order valence-electron chi connectivity index (χ1n) is 13.9. The van der Waals surface area contributed by atoms with Crippen LogP contribution in [0.25, 0.3) is 0 Å². The number of aliphatic hydroxyl groups is 4. The van der Waals surface area contributed by atoms with E-state index in [0.29, 0.717) is 31.8 Å². The Hall–Kier alpha value is -1.47. The molecule has 12 atom stereocenters. The lowest BCUT2D eigenvalue weighted by molar-refractivity contribution is -0.297. The van der Waals surface area contributed by atoms with E-state index in [4.69, 9.17) is 37.1 Å². The highest BCUT2D eigenvalue weighted by Gasteiger charge is 2.53. The van der Waals surface area contributed by atoms with Crippen molar-refractivity contribution in [3.05, 3.63) is 11.8 Å². The minimum atomic E-state index is -1.38. The zero-order chi connectivity index (χ0) is 29.6. The molecule has 0 spiro atoms. The largest absolute Gasteiger partial charge is 0.492 e. The zero-order valence-corrected chi connectivity index (χ0v) is 23.3. The summed E-state index contributed by atoms with van der Waals surface area (Å²) >= 11 is 0. The van der Waals surface area contributed by atoms with Crippen molar-refractivity contribution in [2.24, 2.45) is 28.9 Å². The molecule has 1 unspecified atom stereocenters. The van der Waals surface area contributed by atoms with Crippen LogP contribution in [0.15, 0.2) is 11.8 Å². The second kappa shape index (κ2) is 14.6. The van der Waals surface area contributed by atoms with Gasteiger partial charge in [0, 0.05) is 31.1 Å². The highest BCUT2D eigenvalue weighted by atomic mass is 16.7. The van der Waals surface area contributed by atoms with E-state index in [1.54, 1.807) is 7.05 Å². The van der Waals surface area contributed by atoms with Crippen molar-refractivity contribution in [2.75, 3.05) is 39.8 Å². The summed E-state index contributed by atoms with van der Waals surface area (Å²) in [5, 5.41) is 52.3. The predicted molar refractivity (Wildman–Crippen MR) is 145 cm³/mol. The smallest absolute Gasteiger partial charge is 0.249 e. The highest BCUT2D eigenvalue weighted by molar-refractivity contribution is 5.80. The molecule has 0 radical (unpaired) electrons. The molecule has 2 aliphatic heterocycles. The van der Waals surface area contributed by atoms with Crippen molar-refractivity contribution < 1.29 is 39.4 Å². The van der Waals surface area contributed by atoms with Gasteiger partial charge in [0.05, 0.1) is 31.3 Å². The Bertz CT molecular complexity index is 852. The predicted octanol–water partition coefficient (Wildman–Crippen LogP) is -5.12. The summed E-state index contributed by atoms with van der Waals surface area (Å²) in [5.41, 5.74) is 22.7. The summed E-state index contributed by atoms with van der Waals surface area (Å²) in [5.74, 6) is -0.739. The summed E-state index contributed by atoms with van der Waals surface area (Å²) in [6.45, 7) is 2.97. The summed E-state index contributed by atoms with van der Waals surface area (Å²) in [6, 6.07) is -2.79. The number of hydrogen-bond donors (Lipinski definition) is 11. The number of carbonyl (C=O) groups is 1. The van der Waals surface area contributed by atoms with Gasteiger partial charge in [0.2, 0.25) is 5.91 Å². The average Bonchev–Trinajstić information content (AvgIpc) is 2.89. The maximum Gasteiger partial charge on any atom is 0.249 e. The molecule has 0 bridgehead atoms. The first-order chi connectivity index (χ1) is 18.9. The molecular formula is C25H49N7O8. The maximum absolute atomic E-state index is 12.7. The van der Waals surface area contributed by atoms with Gasteiger partial charge in [-0.1, -0.05) is 0 Å². The van der Waals surface area contributed by atoms with Crippen molar-refractivity contribution in [3.8, 4) is 0 Å². The number of amides is 1. The number of hydrogen-bond acceptors (Lipinski definition) is 14. The number of nitrogens with one attached hydrogen (secondary N) is 3. The monoisotopic (exact) mass is 575 g/mol. The molecule has 0 aromatic heterocycles. The van der Waals surface area contributed by atoms with Crippen LogP contribution in [0.4, 0.5) is 0 Å². The van der Waals surface area contributed by atoms with Crippen LogP contribution >= 0.6 is 0 Å². The van der Waals surface area contributed by atoms with Crippen LogP contribution in [0.3, 0.4) is 0 Å². The van der Waals surface area contributed by atoms with E-state index in [1.807, 2.05) is 6.08 Å². The Kier molecular flexibility index (Phi) is 12.1. The van der Waals surface area contributed by atoms with Crippen molar-refractivity contribution in [2.45, 2.75) is 92.8 Å². The molecule has 1 saturated heterocycles. The molecule has 2 heterocycles. The van der Waals surface area contributed by atoms with Crippen molar-refractivity contribution >= 4 is 5.91 Å². The van der Waals surface area contributed by atoms with Gasteiger partial charge in [-0.05, 0) is 45.9 Å². The number of carbonyl (C=O) groups excluding carboxylic acids is 1. The Morgan fingerprint density at radius 3 is 2.60 bits per heavy atom. The first-order valence-corrected chi connectivity index (χ1v) is 13.9. The van der Waals surface area contributed by atoms with Gasteiger partial charge in [-0.2, -0.15) is 0 Å². The lowest BCUT2D eigenvalue weighted by Crippen LogP contribution is -2.69. The number of nitrogens with two attached hydrogens (primary N) is 4. The summed E-state index contributed by atoms with van der Waals surface area (Å²) in [4.78, 5) is 12.7. The zero-order valence-electron chi connectivity index (χ0n) is 23.3. The SMILES string of the molecule is CN[C@@H]1[C@@H](O)[C@@H](O[C@@H]2[C@@H](O)[C@H](C3OC(CNCCN)=CC[C@H]3N)[C@@H](N)C[C@H]2NC(=O)[C@@H](O)CCN)OC[C@]1(C)O. The van der Waals surface area contributed by atoms with Crippen LogP contribution in [0, 0.1) is 5.92 Å². The first kappa shape index (κ1) is 33.0. The van der Waals surface area contributed by atoms with E-state index < -0.39 is 78.4 Å². The molecule has 1 saturated carbocycles. The summed E-state index contributed by atoms with van der Waals surface area (Å²) < 4.78 is 18.0.